The number of hydrogen-bond acceptors (Lipinski definition) is 4. The molecular formula is C15H23F3N4O2. The van der Waals surface area contributed by atoms with Crippen molar-refractivity contribution >= 4 is 5.91 Å². The van der Waals surface area contributed by atoms with Crippen LogP contribution in [0.5, 0.6) is 0 Å². The molecule has 2 heterocycles. The minimum atomic E-state index is -4.35. The third kappa shape index (κ3) is 6.48. The molecule has 136 valence electrons. The van der Waals surface area contributed by atoms with E-state index in [2.05, 4.69) is 14.7 Å². The molecule has 0 spiro atoms. The van der Waals surface area contributed by atoms with Crippen molar-refractivity contribution in [1.29, 1.82) is 0 Å². The van der Waals surface area contributed by atoms with E-state index in [9.17, 15) is 18.0 Å². The summed E-state index contributed by atoms with van der Waals surface area (Å²) >= 11 is 0. The summed E-state index contributed by atoms with van der Waals surface area (Å²) in [4.78, 5) is 16.0. The summed E-state index contributed by atoms with van der Waals surface area (Å²) in [6.45, 7) is 2.10. The summed E-state index contributed by atoms with van der Waals surface area (Å²) in [7, 11) is 1.87. The maximum Gasteiger partial charge on any atom is 0.411 e. The van der Waals surface area contributed by atoms with Crippen LogP contribution in [-0.2, 0) is 23.1 Å². The van der Waals surface area contributed by atoms with E-state index in [1.54, 1.807) is 9.58 Å². The van der Waals surface area contributed by atoms with Crippen LogP contribution >= 0.6 is 0 Å². The number of carbonyl (C=O) groups excluding carboxylic acids is 1. The monoisotopic (exact) mass is 348 g/mol. The summed E-state index contributed by atoms with van der Waals surface area (Å²) in [6, 6.07) is 0. The van der Waals surface area contributed by atoms with Crippen molar-refractivity contribution in [3.8, 4) is 0 Å². The van der Waals surface area contributed by atoms with Crippen molar-refractivity contribution < 1.29 is 22.7 Å². The Morgan fingerprint density at radius 3 is 2.75 bits per heavy atom. The van der Waals surface area contributed by atoms with Gasteiger partial charge in [-0.1, -0.05) is 0 Å². The van der Waals surface area contributed by atoms with Crippen molar-refractivity contribution in [1.82, 2.24) is 19.6 Å². The molecular weight excluding hydrogens is 325 g/mol. The average Bonchev–Trinajstić information content (AvgIpc) is 2.76. The Balaban J connectivity index is 1.70. The lowest BCUT2D eigenvalue weighted by molar-refractivity contribution is -0.175. The molecule has 0 bridgehead atoms. The van der Waals surface area contributed by atoms with Crippen LogP contribution in [0.4, 0.5) is 13.2 Å². The van der Waals surface area contributed by atoms with Crippen LogP contribution in [0, 0.1) is 0 Å². The lowest BCUT2D eigenvalue weighted by atomic mass is 10.3. The van der Waals surface area contributed by atoms with Gasteiger partial charge >= 0.3 is 6.18 Å². The standard InChI is InChI=1S/C15H23F3N4O2/c1-20-10-13(9-19-20)11-21-4-2-5-22(7-6-21)14(23)3-8-24-12-15(16,17)18/h9-10H,2-8,11-12H2,1H3. The molecule has 0 N–H and O–H groups in total. The number of rotatable bonds is 6. The van der Waals surface area contributed by atoms with Crippen LogP contribution in [0.25, 0.3) is 0 Å². The Bertz CT molecular complexity index is 533. The largest absolute Gasteiger partial charge is 0.411 e. The van der Waals surface area contributed by atoms with Crippen molar-refractivity contribution in [3.63, 3.8) is 0 Å². The number of nitrogens with zero attached hydrogens (tertiary/aromatic N) is 4. The van der Waals surface area contributed by atoms with Crippen molar-refractivity contribution in [2.75, 3.05) is 39.4 Å². The number of amides is 1. The molecule has 1 aromatic rings. The van der Waals surface area contributed by atoms with Crippen molar-refractivity contribution in [2.45, 2.75) is 25.6 Å². The molecule has 24 heavy (non-hydrogen) atoms. The van der Waals surface area contributed by atoms with E-state index in [0.717, 1.165) is 31.6 Å². The predicted molar refractivity (Wildman–Crippen MR) is 81.2 cm³/mol. The van der Waals surface area contributed by atoms with Gasteiger partial charge in [0.15, 0.2) is 0 Å². The van der Waals surface area contributed by atoms with Gasteiger partial charge in [-0.25, -0.2) is 0 Å². The highest BCUT2D eigenvalue weighted by Crippen LogP contribution is 2.14. The highest BCUT2D eigenvalue weighted by Gasteiger charge is 2.27. The fraction of sp³-hybridized carbons (Fsp3) is 0.733. The Labute approximate surface area is 139 Å². The number of alkyl halides is 3. The molecule has 6 nitrogen and oxygen atoms in total. The topological polar surface area (TPSA) is 50.6 Å². The van der Waals surface area contributed by atoms with Crippen molar-refractivity contribution in [2.24, 2.45) is 7.05 Å². The fourth-order valence-electron chi connectivity index (χ4n) is 2.70. The zero-order chi connectivity index (χ0) is 17.6. The zero-order valence-corrected chi connectivity index (χ0v) is 13.8. The maximum absolute atomic E-state index is 12.1. The number of aryl methyl sites for hydroxylation is 1. The Kier molecular flexibility index (Phi) is 6.61. The minimum Gasteiger partial charge on any atom is -0.372 e. The van der Waals surface area contributed by atoms with Crippen LogP contribution in [0.2, 0.25) is 0 Å². The Hall–Kier alpha value is -1.61. The highest BCUT2D eigenvalue weighted by atomic mass is 19.4. The first kappa shape index (κ1) is 18.7. The summed E-state index contributed by atoms with van der Waals surface area (Å²) in [5, 5.41) is 4.14. The van der Waals surface area contributed by atoms with E-state index in [1.807, 2.05) is 19.4 Å². The molecule has 1 fully saturated rings. The van der Waals surface area contributed by atoms with Gasteiger partial charge in [0.1, 0.15) is 6.61 Å². The Morgan fingerprint density at radius 1 is 1.29 bits per heavy atom. The molecule has 0 aliphatic carbocycles. The van der Waals surface area contributed by atoms with Crippen LogP contribution in [0.15, 0.2) is 12.4 Å². The van der Waals surface area contributed by atoms with Gasteiger partial charge < -0.3 is 9.64 Å². The number of halogens is 3. The van der Waals surface area contributed by atoms with E-state index >= 15 is 0 Å². The molecule has 0 saturated carbocycles. The van der Waals surface area contributed by atoms with Gasteiger partial charge in [-0.05, 0) is 6.42 Å². The second-order valence-electron chi connectivity index (χ2n) is 5.95. The van der Waals surface area contributed by atoms with E-state index < -0.39 is 12.8 Å². The van der Waals surface area contributed by atoms with Gasteiger partial charge in [-0.3, -0.25) is 14.4 Å². The van der Waals surface area contributed by atoms with Crippen LogP contribution in [0.3, 0.4) is 0 Å². The molecule has 9 heteroatoms. The molecule has 1 amide bonds. The lowest BCUT2D eigenvalue weighted by Crippen LogP contribution is -2.35. The molecule has 1 saturated heterocycles. The normalized spacial score (nSPS) is 17.1. The summed E-state index contributed by atoms with van der Waals surface area (Å²) in [6.07, 6.45) is 0.268. The molecule has 0 unspecified atom stereocenters. The molecule has 1 aliphatic heterocycles. The quantitative estimate of drug-likeness (QED) is 0.730. The lowest BCUT2D eigenvalue weighted by Gasteiger charge is -2.21. The SMILES string of the molecule is Cn1cc(CN2CCCN(C(=O)CCOCC(F)(F)F)CC2)cn1. The number of carbonyl (C=O) groups is 1. The van der Waals surface area contributed by atoms with Gasteiger partial charge in [-0.15, -0.1) is 0 Å². The first-order valence-corrected chi connectivity index (χ1v) is 7.95. The van der Waals surface area contributed by atoms with E-state index in [1.165, 1.54) is 0 Å². The third-order valence-corrected chi connectivity index (χ3v) is 3.83. The molecule has 0 atom stereocenters. The minimum absolute atomic E-state index is 0.0152. The molecule has 1 aliphatic rings. The van der Waals surface area contributed by atoms with E-state index in [0.29, 0.717) is 13.1 Å². The highest BCUT2D eigenvalue weighted by molar-refractivity contribution is 5.76. The summed E-state index contributed by atoms with van der Waals surface area (Å²) in [5.41, 5.74) is 1.12. The fourth-order valence-corrected chi connectivity index (χ4v) is 2.70. The molecule has 0 aromatic carbocycles. The number of ether oxygens (including phenoxy) is 1. The maximum atomic E-state index is 12.1. The Morgan fingerprint density at radius 2 is 2.08 bits per heavy atom. The van der Waals surface area contributed by atoms with Crippen LogP contribution < -0.4 is 0 Å². The first-order chi connectivity index (χ1) is 11.3. The van der Waals surface area contributed by atoms with Gasteiger partial charge in [-0.2, -0.15) is 18.3 Å². The summed E-state index contributed by atoms with van der Waals surface area (Å²) in [5.74, 6) is -0.152. The van der Waals surface area contributed by atoms with Gasteiger partial charge in [0.25, 0.3) is 0 Å². The predicted octanol–water partition coefficient (Wildman–Crippen LogP) is 1.42. The third-order valence-electron chi connectivity index (χ3n) is 3.83. The first-order valence-electron chi connectivity index (χ1n) is 7.95. The second kappa shape index (κ2) is 8.48. The van der Waals surface area contributed by atoms with Gasteiger partial charge in [0.05, 0.1) is 19.2 Å². The molecule has 2 rings (SSSR count). The van der Waals surface area contributed by atoms with E-state index in [4.69, 9.17) is 0 Å². The van der Waals surface area contributed by atoms with Crippen LogP contribution in [0.1, 0.15) is 18.4 Å². The number of aromatic nitrogens is 2. The van der Waals surface area contributed by atoms with Gasteiger partial charge in [0, 0.05) is 51.5 Å². The van der Waals surface area contributed by atoms with Crippen LogP contribution in [-0.4, -0.2) is 71.1 Å². The zero-order valence-electron chi connectivity index (χ0n) is 13.8. The van der Waals surface area contributed by atoms with E-state index in [-0.39, 0.29) is 18.9 Å². The average molecular weight is 348 g/mol. The molecule has 0 radical (unpaired) electrons. The van der Waals surface area contributed by atoms with Gasteiger partial charge in [0.2, 0.25) is 5.91 Å². The smallest absolute Gasteiger partial charge is 0.372 e. The second-order valence-corrected chi connectivity index (χ2v) is 5.95. The molecule has 1 aromatic heterocycles. The van der Waals surface area contributed by atoms with Crippen molar-refractivity contribution in [3.05, 3.63) is 18.0 Å². The number of hydrogen-bond donors (Lipinski definition) is 0. The summed E-state index contributed by atoms with van der Waals surface area (Å²) < 4.78 is 42.2.